The third-order valence-corrected chi connectivity index (χ3v) is 4.85. The zero-order chi connectivity index (χ0) is 13.1. The van der Waals surface area contributed by atoms with Crippen LogP contribution in [0.25, 0.3) is 0 Å². The van der Waals surface area contributed by atoms with Gasteiger partial charge in [-0.2, -0.15) is 0 Å². The van der Waals surface area contributed by atoms with Crippen molar-refractivity contribution in [3.8, 4) is 0 Å². The normalized spacial score (nSPS) is 23.8. The first-order chi connectivity index (χ1) is 8.60. The molecule has 0 saturated heterocycles. The predicted molar refractivity (Wildman–Crippen MR) is 76.9 cm³/mol. The Morgan fingerprint density at radius 2 is 2.11 bits per heavy atom. The van der Waals surface area contributed by atoms with E-state index in [1.807, 2.05) is 6.07 Å². The number of thiophene rings is 1. The number of carbonyl (C=O) groups excluding carboxylic acids is 1. The second-order valence-electron chi connectivity index (χ2n) is 5.03. The van der Waals surface area contributed by atoms with Gasteiger partial charge in [-0.3, -0.25) is 4.79 Å². The van der Waals surface area contributed by atoms with Crippen LogP contribution in [0.4, 0.5) is 10.7 Å². The molecule has 0 radical (unpaired) electrons. The number of nitrogens with one attached hydrogen (secondary N) is 1. The summed E-state index contributed by atoms with van der Waals surface area (Å²) in [4.78, 5) is 11.6. The van der Waals surface area contributed by atoms with Crippen LogP contribution in [0, 0.1) is 5.92 Å². The van der Waals surface area contributed by atoms with Crippen LogP contribution in [0.1, 0.15) is 48.7 Å². The van der Waals surface area contributed by atoms with Crippen molar-refractivity contribution < 1.29 is 4.79 Å². The second kappa shape index (κ2) is 5.61. The maximum Gasteiger partial charge on any atom is 0.260 e. The molecule has 5 heteroatoms. The number of primary amides is 1. The van der Waals surface area contributed by atoms with Crippen LogP contribution in [0.5, 0.6) is 0 Å². The Morgan fingerprint density at radius 1 is 1.44 bits per heavy atom. The van der Waals surface area contributed by atoms with Crippen LogP contribution in [0.2, 0.25) is 0 Å². The number of nitrogen functional groups attached to an aromatic ring is 1. The highest BCUT2D eigenvalue weighted by molar-refractivity contribution is 7.18. The molecule has 0 atom stereocenters. The zero-order valence-electron chi connectivity index (χ0n) is 10.7. The van der Waals surface area contributed by atoms with Crippen LogP contribution in [0.15, 0.2) is 6.07 Å². The SMILES string of the molecule is CCC1CCC(Nc2cc(N)c(C(N)=O)s2)CC1. The fourth-order valence-electron chi connectivity index (χ4n) is 2.59. The van der Waals surface area contributed by atoms with Gasteiger partial charge >= 0.3 is 0 Å². The highest BCUT2D eigenvalue weighted by Gasteiger charge is 2.21. The molecule has 1 heterocycles. The van der Waals surface area contributed by atoms with Crippen molar-refractivity contribution in [3.05, 3.63) is 10.9 Å². The minimum atomic E-state index is -0.444. The van der Waals surface area contributed by atoms with Gasteiger partial charge in [0.2, 0.25) is 0 Å². The Morgan fingerprint density at radius 3 is 2.61 bits per heavy atom. The number of carbonyl (C=O) groups is 1. The van der Waals surface area contributed by atoms with E-state index >= 15 is 0 Å². The van der Waals surface area contributed by atoms with Crippen molar-refractivity contribution in [2.75, 3.05) is 11.1 Å². The standard InChI is InChI=1S/C13H21N3OS/c1-2-8-3-5-9(6-4-8)16-11-7-10(14)12(18-11)13(15)17/h7-9,16H,2-6,14H2,1H3,(H2,15,17). The van der Waals surface area contributed by atoms with Crippen molar-refractivity contribution >= 4 is 27.9 Å². The molecule has 0 aromatic carbocycles. The van der Waals surface area contributed by atoms with Gasteiger partial charge < -0.3 is 16.8 Å². The average molecular weight is 267 g/mol. The number of anilines is 2. The molecule has 100 valence electrons. The summed E-state index contributed by atoms with van der Waals surface area (Å²) < 4.78 is 0. The second-order valence-corrected chi connectivity index (χ2v) is 6.08. The molecule has 4 nitrogen and oxygen atoms in total. The summed E-state index contributed by atoms with van der Waals surface area (Å²) in [6, 6.07) is 2.32. The summed E-state index contributed by atoms with van der Waals surface area (Å²) in [7, 11) is 0. The summed E-state index contributed by atoms with van der Waals surface area (Å²) in [6.07, 6.45) is 6.25. The monoisotopic (exact) mass is 267 g/mol. The van der Waals surface area contributed by atoms with Gasteiger partial charge in [0.1, 0.15) is 4.88 Å². The lowest BCUT2D eigenvalue weighted by atomic mass is 9.84. The van der Waals surface area contributed by atoms with E-state index in [0.29, 0.717) is 16.6 Å². The number of rotatable bonds is 4. The van der Waals surface area contributed by atoms with E-state index in [-0.39, 0.29) is 0 Å². The summed E-state index contributed by atoms with van der Waals surface area (Å²) in [6.45, 7) is 2.26. The third kappa shape index (κ3) is 2.96. The molecule has 5 N–H and O–H groups in total. The molecule has 1 saturated carbocycles. The number of hydrogen-bond acceptors (Lipinski definition) is 4. The summed E-state index contributed by atoms with van der Waals surface area (Å²) in [5, 5.41) is 4.43. The molecule has 0 aliphatic heterocycles. The predicted octanol–water partition coefficient (Wildman–Crippen LogP) is 2.81. The van der Waals surface area contributed by atoms with Crippen molar-refractivity contribution in [2.24, 2.45) is 11.7 Å². The maximum atomic E-state index is 11.1. The van der Waals surface area contributed by atoms with E-state index in [1.54, 1.807) is 0 Å². The van der Waals surface area contributed by atoms with Crippen molar-refractivity contribution in [2.45, 2.75) is 45.1 Å². The molecule has 1 aliphatic carbocycles. The van der Waals surface area contributed by atoms with E-state index in [9.17, 15) is 4.79 Å². The van der Waals surface area contributed by atoms with Crippen molar-refractivity contribution in [1.29, 1.82) is 0 Å². The largest absolute Gasteiger partial charge is 0.397 e. The Bertz CT molecular complexity index is 422. The Kier molecular flexibility index (Phi) is 4.11. The van der Waals surface area contributed by atoms with Crippen LogP contribution < -0.4 is 16.8 Å². The average Bonchev–Trinajstić information content (AvgIpc) is 2.71. The smallest absolute Gasteiger partial charge is 0.260 e. The minimum Gasteiger partial charge on any atom is -0.397 e. The van der Waals surface area contributed by atoms with Crippen molar-refractivity contribution in [1.82, 2.24) is 0 Å². The maximum absolute atomic E-state index is 11.1. The van der Waals surface area contributed by atoms with Crippen molar-refractivity contribution in [3.63, 3.8) is 0 Å². The van der Waals surface area contributed by atoms with E-state index in [2.05, 4.69) is 12.2 Å². The molecule has 1 aromatic heterocycles. The molecule has 18 heavy (non-hydrogen) atoms. The fourth-order valence-corrected chi connectivity index (χ4v) is 3.49. The molecule has 1 aromatic rings. The summed E-state index contributed by atoms with van der Waals surface area (Å²) in [5.74, 6) is 0.442. The van der Waals surface area contributed by atoms with Gasteiger partial charge in [-0.15, -0.1) is 11.3 Å². The molecule has 0 spiro atoms. The lowest BCUT2D eigenvalue weighted by Gasteiger charge is -2.28. The highest BCUT2D eigenvalue weighted by Crippen LogP contribution is 2.33. The lowest BCUT2D eigenvalue weighted by Crippen LogP contribution is -2.25. The van der Waals surface area contributed by atoms with E-state index in [4.69, 9.17) is 11.5 Å². The van der Waals surface area contributed by atoms with Crippen LogP contribution in [0.3, 0.4) is 0 Å². The lowest BCUT2D eigenvalue weighted by molar-refractivity contribution is 0.100. The molecule has 1 amide bonds. The molecule has 2 rings (SSSR count). The van der Waals surface area contributed by atoms with Crippen LogP contribution in [-0.4, -0.2) is 11.9 Å². The first-order valence-electron chi connectivity index (χ1n) is 6.55. The topological polar surface area (TPSA) is 81.1 Å². The fraction of sp³-hybridized carbons (Fsp3) is 0.615. The first-order valence-corrected chi connectivity index (χ1v) is 7.37. The van der Waals surface area contributed by atoms with E-state index in [0.717, 1.165) is 10.9 Å². The summed E-state index contributed by atoms with van der Waals surface area (Å²) in [5.41, 5.74) is 11.5. The molecular weight excluding hydrogens is 246 g/mol. The van der Waals surface area contributed by atoms with E-state index < -0.39 is 5.91 Å². The van der Waals surface area contributed by atoms with Gasteiger partial charge in [-0.1, -0.05) is 13.3 Å². The number of amides is 1. The van der Waals surface area contributed by atoms with Gasteiger partial charge in [0, 0.05) is 6.04 Å². The zero-order valence-corrected chi connectivity index (χ0v) is 11.6. The molecule has 0 unspecified atom stereocenters. The first kappa shape index (κ1) is 13.2. The highest BCUT2D eigenvalue weighted by atomic mass is 32.1. The Labute approximate surface area is 112 Å². The van der Waals surface area contributed by atoms with Gasteiger partial charge in [0.25, 0.3) is 5.91 Å². The Balaban J connectivity index is 1.94. The molecular formula is C13H21N3OS. The number of nitrogens with two attached hydrogens (primary N) is 2. The van der Waals surface area contributed by atoms with Gasteiger partial charge in [-0.05, 0) is 37.7 Å². The Hall–Kier alpha value is -1.23. The van der Waals surface area contributed by atoms with Gasteiger partial charge in [0.05, 0.1) is 10.7 Å². The van der Waals surface area contributed by atoms with Gasteiger partial charge in [-0.25, -0.2) is 0 Å². The third-order valence-electron chi connectivity index (χ3n) is 3.76. The molecule has 1 fully saturated rings. The minimum absolute atomic E-state index is 0.444. The van der Waals surface area contributed by atoms with E-state index in [1.165, 1.54) is 43.4 Å². The molecule has 1 aliphatic rings. The van der Waals surface area contributed by atoms with Crippen LogP contribution >= 0.6 is 11.3 Å². The number of hydrogen-bond donors (Lipinski definition) is 3. The molecule has 0 bridgehead atoms. The van der Waals surface area contributed by atoms with Gasteiger partial charge in [0.15, 0.2) is 0 Å². The quantitative estimate of drug-likeness (QED) is 0.784. The van der Waals surface area contributed by atoms with Crippen LogP contribution in [-0.2, 0) is 0 Å². The summed E-state index contributed by atoms with van der Waals surface area (Å²) >= 11 is 1.36.